The molecule has 0 aliphatic rings. The molecule has 0 spiro atoms. The summed E-state index contributed by atoms with van der Waals surface area (Å²) < 4.78 is 1.63. The lowest BCUT2D eigenvalue weighted by atomic mass is 10.3. The van der Waals surface area contributed by atoms with Gasteiger partial charge in [0.05, 0.1) is 5.69 Å². The van der Waals surface area contributed by atoms with Crippen molar-refractivity contribution in [2.45, 2.75) is 19.9 Å². The van der Waals surface area contributed by atoms with E-state index >= 15 is 0 Å². The third kappa shape index (κ3) is 2.65. The van der Waals surface area contributed by atoms with Crippen LogP contribution in [-0.4, -0.2) is 37.4 Å². The maximum absolute atomic E-state index is 11.8. The van der Waals surface area contributed by atoms with Gasteiger partial charge < -0.3 is 11.1 Å². The largest absolute Gasteiger partial charge is 0.396 e. The number of aryl methyl sites for hydroxylation is 1. The normalized spacial score (nSPS) is 10.5. The minimum Gasteiger partial charge on any atom is -0.396 e. The number of carbonyl (C=O) groups excluding carboxylic acids is 1. The lowest BCUT2D eigenvalue weighted by Crippen LogP contribution is -2.27. The SMILES string of the molecule is CCn1cc(N)c(C(=O)NCCc2ncn[nH]2)n1. The van der Waals surface area contributed by atoms with Crippen molar-refractivity contribution in [1.29, 1.82) is 0 Å². The van der Waals surface area contributed by atoms with Crippen molar-refractivity contribution in [2.24, 2.45) is 0 Å². The Hall–Kier alpha value is -2.38. The molecular weight excluding hydrogens is 234 g/mol. The van der Waals surface area contributed by atoms with E-state index in [2.05, 4.69) is 25.6 Å². The maximum atomic E-state index is 11.8. The van der Waals surface area contributed by atoms with Crippen molar-refractivity contribution < 1.29 is 4.79 Å². The van der Waals surface area contributed by atoms with E-state index in [1.54, 1.807) is 10.9 Å². The highest BCUT2D eigenvalue weighted by Gasteiger charge is 2.13. The summed E-state index contributed by atoms with van der Waals surface area (Å²) in [5.41, 5.74) is 6.35. The monoisotopic (exact) mass is 249 g/mol. The summed E-state index contributed by atoms with van der Waals surface area (Å²) in [6.07, 6.45) is 3.66. The number of aromatic amines is 1. The molecule has 0 aromatic carbocycles. The summed E-state index contributed by atoms with van der Waals surface area (Å²) in [6.45, 7) is 3.06. The van der Waals surface area contributed by atoms with Gasteiger partial charge in [-0.25, -0.2) is 4.98 Å². The third-order valence-electron chi connectivity index (χ3n) is 2.44. The molecule has 18 heavy (non-hydrogen) atoms. The first-order valence-corrected chi connectivity index (χ1v) is 5.66. The van der Waals surface area contributed by atoms with E-state index in [0.29, 0.717) is 25.2 Å². The molecule has 0 radical (unpaired) electrons. The number of rotatable bonds is 5. The zero-order valence-electron chi connectivity index (χ0n) is 10.1. The minimum atomic E-state index is -0.279. The quantitative estimate of drug-likeness (QED) is 0.665. The van der Waals surface area contributed by atoms with Gasteiger partial charge in [-0.1, -0.05) is 0 Å². The molecule has 0 saturated carbocycles. The number of carbonyl (C=O) groups is 1. The predicted octanol–water partition coefficient (Wildman–Crippen LogP) is -0.424. The van der Waals surface area contributed by atoms with Gasteiger partial charge in [-0.3, -0.25) is 14.6 Å². The number of anilines is 1. The highest BCUT2D eigenvalue weighted by molar-refractivity contribution is 5.96. The zero-order chi connectivity index (χ0) is 13.0. The fourth-order valence-electron chi connectivity index (χ4n) is 1.50. The van der Waals surface area contributed by atoms with Gasteiger partial charge >= 0.3 is 0 Å². The molecule has 96 valence electrons. The molecule has 1 amide bonds. The van der Waals surface area contributed by atoms with E-state index in [9.17, 15) is 4.79 Å². The Morgan fingerprint density at radius 2 is 2.44 bits per heavy atom. The average molecular weight is 249 g/mol. The third-order valence-corrected chi connectivity index (χ3v) is 2.44. The van der Waals surface area contributed by atoms with Gasteiger partial charge in [-0.2, -0.15) is 10.2 Å². The number of hydrogen-bond donors (Lipinski definition) is 3. The van der Waals surface area contributed by atoms with Crippen molar-refractivity contribution in [3.05, 3.63) is 24.0 Å². The van der Waals surface area contributed by atoms with Crippen LogP contribution in [0.25, 0.3) is 0 Å². The first kappa shape index (κ1) is 12.1. The average Bonchev–Trinajstić information content (AvgIpc) is 2.98. The molecule has 2 heterocycles. The van der Waals surface area contributed by atoms with Gasteiger partial charge in [-0.15, -0.1) is 0 Å². The molecule has 0 aliphatic heterocycles. The molecule has 4 N–H and O–H groups in total. The van der Waals surface area contributed by atoms with Crippen LogP contribution >= 0.6 is 0 Å². The first-order valence-electron chi connectivity index (χ1n) is 5.66. The fourth-order valence-corrected chi connectivity index (χ4v) is 1.50. The van der Waals surface area contributed by atoms with E-state index in [4.69, 9.17) is 5.73 Å². The van der Waals surface area contributed by atoms with Crippen LogP contribution in [0, 0.1) is 0 Å². The van der Waals surface area contributed by atoms with Crippen LogP contribution in [0.2, 0.25) is 0 Å². The van der Waals surface area contributed by atoms with Crippen LogP contribution in [0.1, 0.15) is 23.2 Å². The van der Waals surface area contributed by atoms with Crippen LogP contribution in [0.4, 0.5) is 5.69 Å². The Balaban J connectivity index is 1.89. The summed E-state index contributed by atoms with van der Waals surface area (Å²) >= 11 is 0. The summed E-state index contributed by atoms with van der Waals surface area (Å²) in [5.74, 6) is 0.446. The highest BCUT2D eigenvalue weighted by Crippen LogP contribution is 2.08. The number of hydrogen-bond acceptors (Lipinski definition) is 5. The second-order valence-electron chi connectivity index (χ2n) is 3.73. The van der Waals surface area contributed by atoms with E-state index in [1.165, 1.54) is 6.33 Å². The Bertz CT molecular complexity index is 516. The number of nitrogens with zero attached hydrogens (tertiary/aromatic N) is 4. The molecule has 0 atom stereocenters. The molecule has 0 bridgehead atoms. The molecule has 8 heteroatoms. The molecule has 0 unspecified atom stereocenters. The van der Waals surface area contributed by atoms with E-state index in [1.807, 2.05) is 6.92 Å². The van der Waals surface area contributed by atoms with Crippen molar-refractivity contribution in [2.75, 3.05) is 12.3 Å². The summed E-state index contributed by atoms with van der Waals surface area (Å²) in [7, 11) is 0. The Kier molecular flexibility index (Phi) is 3.56. The number of H-pyrrole nitrogens is 1. The Labute approximate surface area is 104 Å². The molecule has 2 aromatic rings. The smallest absolute Gasteiger partial charge is 0.273 e. The van der Waals surface area contributed by atoms with E-state index in [-0.39, 0.29) is 11.6 Å². The number of aromatic nitrogens is 5. The summed E-state index contributed by atoms with van der Waals surface area (Å²) in [6, 6.07) is 0. The number of nitrogens with one attached hydrogen (secondary N) is 2. The topological polar surface area (TPSA) is 115 Å². The van der Waals surface area contributed by atoms with Crippen LogP contribution in [-0.2, 0) is 13.0 Å². The zero-order valence-corrected chi connectivity index (χ0v) is 10.1. The van der Waals surface area contributed by atoms with Crippen molar-refractivity contribution in [3.8, 4) is 0 Å². The Morgan fingerprint density at radius 1 is 1.61 bits per heavy atom. The maximum Gasteiger partial charge on any atom is 0.273 e. The second kappa shape index (κ2) is 5.30. The molecular formula is C10H15N7O. The van der Waals surface area contributed by atoms with E-state index in [0.717, 1.165) is 5.82 Å². The lowest BCUT2D eigenvalue weighted by molar-refractivity contribution is 0.0949. The molecule has 0 fully saturated rings. The Morgan fingerprint density at radius 3 is 3.06 bits per heavy atom. The number of nitrogens with two attached hydrogens (primary N) is 1. The standard InChI is InChI=1S/C10H15N7O/c1-2-17-5-7(11)9(16-17)10(18)12-4-3-8-13-6-14-15-8/h5-6H,2-4,11H2,1H3,(H,12,18)(H,13,14,15). The minimum absolute atomic E-state index is 0.259. The second-order valence-corrected chi connectivity index (χ2v) is 3.73. The van der Waals surface area contributed by atoms with Crippen LogP contribution in [0.3, 0.4) is 0 Å². The number of amides is 1. The van der Waals surface area contributed by atoms with Crippen LogP contribution in [0.15, 0.2) is 12.5 Å². The fraction of sp³-hybridized carbons (Fsp3) is 0.400. The van der Waals surface area contributed by atoms with Gasteiger partial charge in [0.15, 0.2) is 5.69 Å². The molecule has 2 aromatic heterocycles. The predicted molar refractivity (Wildman–Crippen MR) is 64.7 cm³/mol. The van der Waals surface area contributed by atoms with Gasteiger partial charge in [0.25, 0.3) is 5.91 Å². The van der Waals surface area contributed by atoms with Gasteiger partial charge in [-0.05, 0) is 6.92 Å². The first-order chi connectivity index (χ1) is 8.70. The summed E-state index contributed by atoms with van der Waals surface area (Å²) in [5, 5.41) is 13.3. The van der Waals surface area contributed by atoms with Crippen molar-refractivity contribution in [1.82, 2.24) is 30.3 Å². The molecule has 8 nitrogen and oxygen atoms in total. The highest BCUT2D eigenvalue weighted by atomic mass is 16.1. The lowest BCUT2D eigenvalue weighted by Gasteiger charge is -2.01. The van der Waals surface area contributed by atoms with Gasteiger partial charge in [0.2, 0.25) is 0 Å². The van der Waals surface area contributed by atoms with E-state index < -0.39 is 0 Å². The molecule has 0 saturated heterocycles. The van der Waals surface area contributed by atoms with Crippen molar-refractivity contribution in [3.63, 3.8) is 0 Å². The van der Waals surface area contributed by atoms with Crippen molar-refractivity contribution >= 4 is 11.6 Å². The van der Waals surface area contributed by atoms with Crippen LogP contribution < -0.4 is 11.1 Å². The van der Waals surface area contributed by atoms with Crippen LogP contribution in [0.5, 0.6) is 0 Å². The molecule has 2 rings (SSSR count). The summed E-state index contributed by atoms with van der Waals surface area (Å²) in [4.78, 5) is 15.8. The van der Waals surface area contributed by atoms with Gasteiger partial charge in [0, 0.05) is 25.7 Å². The number of nitrogen functional groups attached to an aromatic ring is 1. The van der Waals surface area contributed by atoms with Gasteiger partial charge in [0.1, 0.15) is 12.2 Å². The molecule has 0 aliphatic carbocycles.